The average Bonchev–Trinajstić information content (AvgIpc) is 2.72. The third-order valence-corrected chi connectivity index (χ3v) is 8.77. The Bertz CT molecular complexity index is 776. The van der Waals surface area contributed by atoms with E-state index in [1.54, 1.807) is 0 Å². The van der Waals surface area contributed by atoms with Gasteiger partial charge in [0.25, 0.3) is 0 Å². The molecule has 3 heteroatoms. The molecule has 1 nitrogen and oxygen atoms in total. The van der Waals surface area contributed by atoms with Crippen molar-refractivity contribution in [1.29, 1.82) is 0 Å². The largest absolute Gasteiger partial charge is 0.491 e. The monoisotopic (exact) mass is 365 g/mol. The van der Waals surface area contributed by atoms with Crippen molar-refractivity contribution in [3.63, 3.8) is 0 Å². The highest BCUT2D eigenvalue weighted by Crippen LogP contribution is 2.55. The van der Waals surface area contributed by atoms with Crippen molar-refractivity contribution in [3.8, 4) is 5.75 Å². The van der Waals surface area contributed by atoms with Crippen LogP contribution in [0, 0.1) is 0 Å². The maximum absolute atomic E-state index is 12.4. The van der Waals surface area contributed by atoms with E-state index in [1.165, 1.54) is 15.9 Å². The molecule has 0 aliphatic heterocycles. The summed E-state index contributed by atoms with van der Waals surface area (Å²) in [6.45, 7) is 3.65. The fourth-order valence-electron chi connectivity index (χ4n) is 3.28. The Kier molecular flexibility index (Phi) is 6.20. The zero-order chi connectivity index (χ0) is 18.2. The lowest BCUT2D eigenvalue weighted by Crippen LogP contribution is -2.32. The van der Waals surface area contributed by atoms with E-state index >= 15 is 0 Å². The van der Waals surface area contributed by atoms with Gasteiger partial charge >= 0.3 is 0 Å². The first-order chi connectivity index (χ1) is 12.8. The molecule has 0 aliphatic carbocycles. The smallest absolute Gasteiger partial charge is 0.123 e. The van der Waals surface area contributed by atoms with Crippen molar-refractivity contribution >= 4 is 23.2 Å². The second kappa shape index (κ2) is 8.78. The van der Waals surface area contributed by atoms with E-state index in [0.29, 0.717) is 5.75 Å². The summed E-state index contributed by atoms with van der Waals surface area (Å²) in [5.41, 5.74) is 0. The molecule has 3 aromatic rings. The molecule has 3 rings (SSSR count). The standard InChI is InChI=1S/C23H23FOP/c1-2-19-26(21-9-5-3-6-10-21,22-11-7-4-8-12-22)23-15-13-20(14-16-23)25-18-17-24/h2-16H,1,17-19H2/q+1. The van der Waals surface area contributed by atoms with E-state index in [9.17, 15) is 4.39 Å². The maximum atomic E-state index is 12.4. The lowest BCUT2D eigenvalue weighted by Gasteiger charge is -2.26. The molecule has 3 aromatic carbocycles. The summed E-state index contributed by atoms with van der Waals surface area (Å²) in [6.07, 6.45) is 2.90. The summed E-state index contributed by atoms with van der Waals surface area (Å²) in [4.78, 5) is 0. The number of rotatable bonds is 8. The van der Waals surface area contributed by atoms with Crippen molar-refractivity contribution in [3.05, 3.63) is 97.6 Å². The first kappa shape index (κ1) is 18.4. The minimum absolute atomic E-state index is 0.0870. The molecule has 0 spiro atoms. The summed E-state index contributed by atoms with van der Waals surface area (Å²) in [5.74, 6) is 0.698. The number of allylic oxidation sites excluding steroid dienone is 1. The van der Waals surface area contributed by atoms with Crippen molar-refractivity contribution in [2.75, 3.05) is 19.4 Å². The number of hydrogen-bond acceptors (Lipinski definition) is 1. The molecule has 0 heterocycles. The molecular formula is C23H23FOP+. The van der Waals surface area contributed by atoms with Crippen LogP contribution in [-0.2, 0) is 0 Å². The van der Waals surface area contributed by atoms with Crippen LogP contribution in [0.4, 0.5) is 4.39 Å². The number of benzene rings is 3. The average molecular weight is 365 g/mol. The summed E-state index contributed by atoms with van der Waals surface area (Å²) in [5, 5.41) is 3.91. The molecule has 0 unspecified atom stereocenters. The summed E-state index contributed by atoms with van der Waals surface area (Å²) >= 11 is 0. The fourth-order valence-corrected chi connectivity index (χ4v) is 7.21. The Labute approximate surface area is 155 Å². The summed E-state index contributed by atoms with van der Waals surface area (Å²) < 4.78 is 17.8. The number of hydrogen-bond donors (Lipinski definition) is 0. The fraction of sp³-hybridized carbons (Fsp3) is 0.130. The van der Waals surface area contributed by atoms with E-state index in [1.807, 2.05) is 30.3 Å². The quantitative estimate of drug-likeness (QED) is 0.421. The number of ether oxygens (including phenoxy) is 1. The maximum Gasteiger partial charge on any atom is 0.123 e. The second-order valence-electron chi connectivity index (χ2n) is 5.98. The SMILES string of the molecule is C=CC[P+](c1ccccc1)(c1ccccc1)c1ccc(OCCF)cc1. The van der Waals surface area contributed by atoms with Crippen molar-refractivity contribution < 1.29 is 9.13 Å². The normalized spacial score (nSPS) is 11.1. The third-order valence-electron chi connectivity index (χ3n) is 4.42. The van der Waals surface area contributed by atoms with Gasteiger partial charge in [0.15, 0.2) is 0 Å². The molecule has 0 aromatic heterocycles. The van der Waals surface area contributed by atoms with Gasteiger partial charge in [0, 0.05) is 0 Å². The molecule has 0 N–H and O–H groups in total. The minimum Gasteiger partial charge on any atom is -0.491 e. The zero-order valence-corrected chi connectivity index (χ0v) is 15.6. The van der Waals surface area contributed by atoms with Gasteiger partial charge in [0.05, 0.1) is 6.16 Å². The second-order valence-corrected chi connectivity index (χ2v) is 9.52. The highest BCUT2D eigenvalue weighted by molar-refractivity contribution is 7.95. The van der Waals surface area contributed by atoms with Gasteiger partial charge in [0.1, 0.15) is 42.2 Å². The minimum atomic E-state index is -1.85. The molecule has 0 saturated heterocycles. The van der Waals surface area contributed by atoms with E-state index in [0.717, 1.165) is 6.16 Å². The number of halogens is 1. The molecule has 0 saturated carbocycles. The lowest BCUT2D eigenvalue weighted by molar-refractivity contribution is 0.273. The van der Waals surface area contributed by atoms with Crippen LogP contribution in [0.25, 0.3) is 0 Å². The van der Waals surface area contributed by atoms with Gasteiger partial charge in [-0.3, -0.25) is 0 Å². The lowest BCUT2D eigenvalue weighted by atomic mass is 10.3. The Morgan fingerprint density at radius 3 is 1.73 bits per heavy atom. The van der Waals surface area contributed by atoms with Crippen molar-refractivity contribution in [2.24, 2.45) is 0 Å². The van der Waals surface area contributed by atoms with Crippen molar-refractivity contribution in [2.45, 2.75) is 0 Å². The first-order valence-corrected chi connectivity index (χ1v) is 10.7. The Morgan fingerprint density at radius 1 is 0.769 bits per heavy atom. The highest BCUT2D eigenvalue weighted by atomic mass is 31.2. The van der Waals surface area contributed by atoms with Crippen LogP contribution in [0.15, 0.2) is 97.6 Å². The molecule has 132 valence electrons. The Morgan fingerprint density at radius 2 is 1.27 bits per heavy atom. The molecule has 0 radical (unpaired) electrons. The first-order valence-electron chi connectivity index (χ1n) is 8.71. The molecule has 26 heavy (non-hydrogen) atoms. The molecule has 0 bridgehead atoms. The van der Waals surface area contributed by atoms with Gasteiger partial charge in [-0.25, -0.2) is 4.39 Å². The Hall–Kier alpha value is -2.44. The van der Waals surface area contributed by atoms with Gasteiger partial charge in [0.2, 0.25) is 0 Å². The van der Waals surface area contributed by atoms with E-state index in [-0.39, 0.29) is 6.61 Å². The predicted octanol–water partition coefficient (Wildman–Crippen LogP) is 4.51. The van der Waals surface area contributed by atoms with Crippen LogP contribution in [-0.4, -0.2) is 19.4 Å². The molecule has 0 aliphatic rings. The van der Waals surface area contributed by atoms with E-state index in [2.05, 4.69) is 67.2 Å². The molecular weight excluding hydrogens is 342 g/mol. The molecule has 0 amide bonds. The molecule has 0 fully saturated rings. The van der Waals surface area contributed by atoms with Crippen LogP contribution >= 0.6 is 7.26 Å². The van der Waals surface area contributed by atoms with E-state index < -0.39 is 13.9 Å². The third kappa shape index (κ3) is 3.71. The molecule has 0 atom stereocenters. The van der Waals surface area contributed by atoms with Crippen molar-refractivity contribution in [1.82, 2.24) is 0 Å². The summed E-state index contributed by atoms with van der Waals surface area (Å²) in [6, 6.07) is 29.4. The highest BCUT2D eigenvalue weighted by Gasteiger charge is 2.44. The topological polar surface area (TPSA) is 9.23 Å². The Balaban J connectivity index is 2.15. The number of alkyl halides is 1. The van der Waals surface area contributed by atoms with E-state index in [4.69, 9.17) is 4.74 Å². The van der Waals surface area contributed by atoms with Crippen LogP contribution in [0.2, 0.25) is 0 Å². The predicted molar refractivity (Wildman–Crippen MR) is 112 cm³/mol. The van der Waals surface area contributed by atoms with Crippen LogP contribution in [0.1, 0.15) is 0 Å². The van der Waals surface area contributed by atoms with Gasteiger partial charge in [-0.2, -0.15) is 0 Å². The van der Waals surface area contributed by atoms with Crippen LogP contribution < -0.4 is 20.7 Å². The zero-order valence-electron chi connectivity index (χ0n) is 14.7. The summed E-state index contributed by atoms with van der Waals surface area (Å²) in [7, 11) is -1.85. The van der Waals surface area contributed by atoms with Crippen LogP contribution in [0.5, 0.6) is 5.75 Å². The van der Waals surface area contributed by atoms with Gasteiger partial charge in [-0.15, -0.1) is 0 Å². The van der Waals surface area contributed by atoms with Gasteiger partial charge in [-0.05, 0) is 48.5 Å². The van der Waals surface area contributed by atoms with Gasteiger partial charge in [-0.1, -0.05) is 49.1 Å². The van der Waals surface area contributed by atoms with Gasteiger partial charge < -0.3 is 4.74 Å². The van der Waals surface area contributed by atoms with Crippen LogP contribution in [0.3, 0.4) is 0 Å².